The number of hydrogen-bond acceptors (Lipinski definition) is 3. The lowest BCUT2D eigenvalue weighted by Crippen LogP contribution is -2.28. The Morgan fingerprint density at radius 2 is 2.14 bits per heavy atom. The summed E-state index contributed by atoms with van der Waals surface area (Å²) >= 11 is 6.12. The second-order valence-corrected chi connectivity index (χ2v) is 5.62. The van der Waals surface area contributed by atoms with Crippen molar-refractivity contribution in [2.24, 2.45) is 0 Å². The first-order valence-electron chi connectivity index (χ1n) is 6.87. The molecule has 6 heteroatoms. The van der Waals surface area contributed by atoms with Gasteiger partial charge in [0.25, 0.3) is 5.56 Å². The number of rotatable bonds is 3. The minimum atomic E-state index is -0.244. The maximum absolute atomic E-state index is 12.9. The maximum Gasteiger partial charge on any atom is 0.285 e. The highest BCUT2D eigenvalue weighted by molar-refractivity contribution is 6.33. The minimum Gasteiger partial charge on any atom is -0.266 e. The van der Waals surface area contributed by atoms with Gasteiger partial charge in [-0.15, -0.1) is 0 Å². The lowest BCUT2D eigenvalue weighted by atomic mass is 10.0. The maximum atomic E-state index is 12.9. The number of aromatic nitrogens is 4. The molecule has 3 aromatic heterocycles. The molecule has 0 spiro atoms. The Balaban J connectivity index is 2.43. The summed E-state index contributed by atoms with van der Waals surface area (Å²) in [6.07, 6.45) is 3.32. The van der Waals surface area contributed by atoms with Gasteiger partial charge in [-0.3, -0.25) is 4.79 Å². The number of hydrogen-bond donors (Lipinski definition) is 0. The molecule has 0 N–H and O–H groups in total. The van der Waals surface area contributed by atoms with E-state index in [0.717, 1.165) is 5.57 Å². The summed E-state index contributed by atoms with van der Waals surface area (Å²) in [7, 11) is 0. The van der Waals surface area contributed by atoms with Crippen molar-refractivity contribution in [3.63, 3.8) is 0 Å². The molecule has 0 aromatic carbocycles. The fourth-order valence-electron chi connectivity index (χ4n) is 2.26. The lowest BCUT2D eigenvalue weighted by Gasteiger charge is -2.17. The molecule has 3 heterocycles. The van der Waals surface area contributed by atoms with Gasteiger partial charge >= 0.3 is 0 Å². The number of nitrogens with zero attached hydrogens (tertiary/aromatic N) is 4. The van der Waals surface area contributed by atoms with Crippen molar-refractivity contribution >= 4 is 17.1 Å². The van der Waals surface area contributed by atoms with Crippen LogP contribution < -0.4 is 5.56 Å². The van der Waals surface area contributed by atoms with Gasteiger partial charge in [0.05, 0.1) is 5.02 Å². The van der Waals surface area contributed by atoms with Crippen molar-refractivity contribution in [3.05, 3.63) is 70.0 Å². The smallest absolute Gasteiger partial charge is 0.266 e. The molecule has 0 aliphatic heterocycles. The molecule has 0 saturated heterocycles. The fourth-order valence-corrected chi connectivity index (χ4v) is 2.48. The standard InChI is InChI=1S/C16H15ClN4O/c1-10(2)11(3)15-19-20-9-7-12(17)14(20)16(22)21(15)13-6-4-5-8-18-13/h4-9,11H,1H2,2-3H3/t11-/m0/s1. The van der Waals surface area contributed by atoms with Crippen LogP contribution in [0.4, 0.5) is 0 Å². The van der Waals surface area contributed by atoms with Crippen molar-refractivity contribution in [2.45, 2.75) is 19.8 Å². The highest BCUT2D eigenvalue weighted by atomic mass is 35.5. The molecule has 3 aromatic rings. The van der Waals surface area contributed by atoms with E-state index in [1.807, 2.05) is 19.9 Å². The lowest BCUT2D eigenvalue weighted by molar-refractivity contribution is 0.674. The first-order valence-corrected chi connectivity index (χ1v) is 7.25. The van der Waals surface area contributed by atoms with E-state index in [-0.39, 0.29) is 11.5 Å². The van der Waals surface area contributed by atoms with Crippen LogP contribution in [0.25, 0.3) is 11.3 Å². The molecule has 0 radical (unpaired) electrons. The molecule has 5 nitrogen and oxygen atoms in total. The molecule has 0 unspecified atom stereocenters. The molecule has 3 rings (SSSR count). The third kappa shape index (κ3) is 2.23. The summed E-state index contributed by atoms with van der Waals surface area (Å²) in [5.74, 6) is 0.999. The second kappa shape index (κ2) is 5.42. The highest BCUT2D eigenvalue weighted by Crippen LogP contribution is 2.23. The Labute approximate surface area is 132 Å². The Morgan fingerprint density at radius 3 is 2.77 bits per heavy atom. The van der Waals surface area contributed by atoms with Gasteiger partial charge in [-0.25, -0.2) is 14.1 Å². The van der Waals surface area contributed by atoms with Gasteiger partial charge in [-0.1, -0.05) is 36.7 Å². The van der Waals surface area contributed by atoms with E-state index in [1.165, 1.54) is 9.08 Å². The Kier molecular flexibility index (Phi) is 3.58. The van der Waals surface area contributed by atoms with Crippen molar-refractivity contribution in [3.8, 4) is 5.82 Å². The summed E-state index contributed by atoms with van der Waals surface area (Å²) in [5, 5.41) is 4.92. The van der Waals surface area contributed by atoms with Crippen molar-refractivity contribution < 1.29 is 0 Å². The summed E-state index contributed by atoms with van der Waals surface area (Å²) in [6, 6.07) is 7.05. The third-order valence-corrected chi connectivity index (χ3v) is 3.97. The van der Waals surface area contributed by atoms with Crippen molar-refractivity contribution in [1.29, 1.82) is 0 Å². The van der Waals surface area contributed by atoms with Gasteiger partial charge in [0, 0.05) is 18.3 Å². The monoisotopic (exact) mass is 314 g/mol. The first kappa shape index (κ1) is 14.5. The molecule has 1 atom stereocenters. The fraction of sp³-hybridized carbons (Fsp3) is 0.188. The van der Waals surface area contributed by atoms with E-state index in [2.05, 4.69) is 16.7 Å². The third-order valence-electron chi connectivity index (χ3n) is 3.67. The van der Waals surface area contributed by atoms with Crippen LogP contribution in [0, 0.1) is 0 Å². The molecule has 22 heavy (non-hydrogen) atoms. The van der Waals surface area contributed by atoms with E-state index in [0.29, 0.717) is 22.2 Å². The predicted octanol–water partition coefficient (Wildman–Crippen LogP) is 3.21. The molecule has 112 valence electrons. The molecule has 0 amide bonds. The van der Waals surface area contributed by atoms with Gasteiger partial charge < -0.3 is 0 Å². The molecular weight excluding hydrogens is 300 g/mol. The van der Waals surface area contributed by atoms with Gasteiger partial charge in [-0.2, -0.15) is 5.10 Å². The van der Waals surface area contributed by atoms with E-state index in [4.69, 9.17) is 11.6 Å². The van der Waals surface area contributed by atoms with Crippen LogP contribution in [-0.2, 0) is 0 Å². The van der Waals surface area contributed by atoms with Crippen LogP contribution in [-0.4, -0.2) is 19.2 Å². The van der Waals surface area contributed by atoms with E-state index in [1.54, 1.807) is 30.6 Å². The normalized spacial score (nSPS) is 12.5. The number of pyridine rings is 1. The van der Waals surface area contributed by atoms with Gasteiger partial charge in [0.1, 0.15) is 17.2 Å². The molecule has 0 saturated carbocycles. The molecular formula is C16H15ClN4O. The topological polar surface area (TPSA) is 52.2 Å². The van der Waals surface area contributed by atoms with Gasteiger partial charge in [0.15, 0.2) is 0 Å². The van der Waals surface area contributed by atoms with Crippen LogP contribution in [0.3, 0.4) is 0 Å². The van der Waals surface area contributed by atoms with E-state index >= 15 is 0 Å². The van der Waals surface area contributed by atoms with E-state index in [9.17, 15) is 4.79 Å². The average Bonchev–Trinajstić information content (AvgIpc) is 2.88. The van der Waals surface area contributed by atoms with Crippen molar-refractivity contribution in [1.82, 2.24) is 19.2 Å². The van der Waals surface area contributed by atoms with Gasteiger partial charge in [0.2, 0.25) is 0 Å². The summed E-state index contributed by atoms with van der Waals surface area (Å²) in [5.41, 5.74) is 1.01. The SMILES string of the molecule is C=C(C)[C@H](C)c1nn2ccc(Cl)c2c(=O)n1-c1ccccn1. The number of fused-ring (bicyclic) bond motifs is 1. The zero-order chi connectivity index (χ0) is 15.9. The van der Waals surface area contributed by atoms with Crippen LogP contribution >= 0.6 is 11.6 Å². The molecule has 0 fully saturated rings. The minimum absolute atomic E-state index is 0.0970. The quantitative estimate of drug-likeness (QED) is 0.698. The highest BCUT2D eigenvalue weighted by Gasteiger charge is 2.20. The average molecular weight is 315 g/mol. The zero-order valence-corrected chi connectivity index (χ0v) is 13.1. The first-order chi connectivity index (χ1) is 10.5. The van der Waals surface area contributed by atoms with Crippen LogP contribution in [0.5, 0.6) is 0 Å². The largest absolute Gasteiger partial charge is 0.285 e. The molecule has 0 aliphatic rings. The van der Waals surface area contributed by atoms with Crippen LogP contribution in [0.2, 0.25) is 5.02 Å². The number of halogens is 1. The second-order valence-electron chi connectivity index (χ2n) is 5.21. The zero-order valence-electron chi connectivity index (χ0n) is 12.3. The molecule has 0 bridgehead atoms. The summed E-state index contributed by atoms with van der Waals surface area (Å²) in [6.45, 7) is 7.84. The Hall–Kier alpha value is -2.40. The van der Waals surface area contributed by atoms with Gasteiger partial charge in [-0.05, 0) is 25.1 Å². The number of allylic oxidation sites excluding steroid dienone is 1. The van der Waals surface area contributed by atoms with E-state index < -0.39 is 0 Å². The molecule has 0 aliphatic carbocycles. The predicted molar refractivity (Wildman–Crippen MR) is 86.8 cm³/mol. The van der Waals surface area contributed by atoms with Crippen LogP contribution in [0.1, 0.15) is 25.6 Å². The summed E-state index contributed by atoms with van der Waals surface area (Å²) in [4.78, 5) is 17.2. The Bertz CT molecular complexity index is 911. The van der Waals surface area contributed by atoms with Crippen LogP contribution in [0.15, 0.2) is 53.6 Å². The Morgan fingerprint density at radius 1 is 1.36 bits per heavy atom. The summed E-state index contributed by atoms with van der Waals surface area (Å²) < 4.78 is 3.01. The van der Waals surface area contributed by atoms with Crippen molar-refractivity contribution in [2.75, 3.05) is 0 Å².